The maximum Gasteiger partial charge on any atom is 0.328 e. The largest absolute Gasteiger partial charge is 0.480 e. The number of nitrogens with two attached hydrogens (primary N) is 3. The number of aromatic nitrogens is 2. The molecular formula is C18H31N9O7. The summed E-state index contributed by atoms with van der Waals surface area (Å²) in [4.78, 5) is 59.3. The van der Waals surface area contributed by atoms with Crippen LogP contribution in [0.3, 0.4) is 0 Å². The van der Waals surface area contributed by atoms with Crippen LogP contribution in [0.25, 0.3) is 0 Å². The van der Waals surface area contributed by atoms with Gasteiger partial charge in [-0.2, -0.15) is 0 Å². The molecule has 0 saturated heterocycles. The Hall–Kier alpha value is -3.76. The first-order chi connectivity index (χ1) is 16.1. The second kappa shape index (κ2) is 14.4. The zero-order chi connectivity index (χ0) is 25.7. The van der Waals surface area contributed by atoms with Gasteiger partial charge in [-0.15, -0.1) is 0 Å². The summed E-state index contributed by atoms with van der Waals surface area (Å²) < 4.78 is 0. The highest BCUT2D eigenvalue weighted by Crippen LogP contribution is 2.04. The van der Waals surface area contributed by atoms with Crippen LogP contribution in [-0.2, 0) is 25.6 Å². The molecule has 0 saturated carbocycles. The van der Waals surface area contributed by atoms with E-state index in [0.717, 1.165) is 0 Å². The lowest BCUT2D eigenvalue weighted by atomic mass is 10.1. The Morgan fingerprint density at radius 1 is 1.00 bits per heavy atom. The molecule has 3 amide bonds. The van der Waals surface area contributed by atoms with Crippen molar-refractivity contribution < 1.29 is 34.5 Å². The monoisotopic (exact) mass is 485 g/mol. The Morgan fingerprint density at radius 2 is 1.62 bits per heavy atom. The first-order valence-electron chi connectivity index (χ1n) is 10.2. The number of nitrogens with one attached hydrogen (secondary N) is 4. The van der Waals surface area contributed by atoms with Gasteiger partial charge in [0.2, 0.25) is 17.7 Å². The van der Waals surface area contributed by atoms with Crippen molar-refractivity contribution in [3.8, 4) is 0 Å². The molecule has 1 heterocycles. The molecule has 0 bridgehead atoms. The number of carboxylic acid groups (broad SMARTS) is 1. The van der Waals surface area contributed by atoms with Crippen LogP contribution in [0.5, 0.6) is 0 Å². The fourth-order valence-corrected chi connectivity index (χ4v) is 2.69. The SMILES string of the molecule is NC(N)=NCCCC(NC(=O)C(Cc1cnc[nH]1)NC(=O)C(N)CO)C(=O)NC(CO)C(=O)O. The standard InChI is InChI=1S/C18H31N9O7/c19-10(6-28)14(30)26-12(4-9-5-22-8-24-9)16(32)25-11(2-1-3-23-18(20)21)15(31)27-13(7-29)17(33)34/h5,8,10-13,28-29H,1-4,6-7,19H2,(H,22,24)(H,25,32)(H,26,30)(H,27,31)(H,33,34)(H4,20,21,23). The molecule has 16 heteroatoms. The summed E-state index contributed by atoms with van der Waals surface area (Å²) in [5.74, 6) is -4.10. The number of guanidine groups is 1. The smallest absolute Gasteiger partial charge is 0.328 e. The molecule has 4 atom stereocenters. The van der Waals surface area contributed by atoms with Gasteiger partial charge in [0.1, 0.15) is 24.2 Å². The van der Waals surface area contributed by atoms with Crippen molar-refractivity contribution in [2.45, 2.75) is 43.4 Å². The van der Waals surface area contributed by atoms with Gasteiger partial charge in [0.15, 0.2) is 5.96 Å². The van der Waals surface area contributed by atoms with Crippen molar-refractivity contribution in [1.82, 2.24) is 25.9 Å². The van der Waals surface area contributed by atoms with E-state index in [-0.39, 0.29) is 31.8 Å². The maximum atomic E-state index is 13.0. The molecule has 0 aliphatic rings. The molecule has 0 aliphatic carbocycles. The first-order valence-corrected chi connectivity index (χ1v) is 10.2. The minimum absolute atomic E-state index is 0.00694. The lowest BCUT2D eigenvalue weighted by molar-refractivity contribution is -0.143. The minimum atomic E-state index is -1.59. The van der Waals surface area contributed by atoms with Gasteiger partial charge in [0.05, 0.1) is 19.5 Å². The number of H-pyrrole nitrogens is 1. The van der Waals surface area contributed by atoms with Crippen molar-refractivity contribution in [2.75, 3.05) is 19.8 Å². The van der Waals surface area contributed by atoms with Gasteiger partial charge in [-0.1, -0.05) is 0 Å². The quantitative estimate of drug-likeness (QED) is 0.0636. The summed E-state index contributed by atoms with van der Waals surface area (Å²) >= 11 is 0. The second-order valence-electron chi connectivity index (χ2n) is 7.22. The summed E-state index contributed by atoms with van der Waals surface area (Å²) in [6.45, 7) is -1.39. The van der Waals surface area contributed by atoms with E-state index in [2.05, 4.69) is 30.9 Å². The molecule has 1 aromatic rings. The van der Waals surface area contributed by atoms with E-state index >= 15 is 0 Å². The normalized spacial score (nSPS) is 14.2. The van der Waals surface area contributed by atoms with E-state index in [1.54, 1.807) is 0 Å². The van der Waals surface area contributed by atoms with Crippen molar-refractivity contribution in [2.24, 2.45) is 22.2 Å². The number of hydrogen-bond acceptors (Lipinski definition) is 9. The van der Waals surface area contributed by atoms with Gasteiger partial charge in [0.25, 0.3) is 0 Å². The van der Waals surface area contributed by atoms with Crippen LogP contribution in [0.2, 0.25) is 0 Å². The number of carbonyl (C=O) groups excluding carboxylic acids is 3. The van der Waals surface area contributed by atoms with E-state index in [9.17, 15) is 24.3 Å². The van der Waals surface area contributed by atoms with Gasteiger partial charge >= 0.3 is 5.97 Å². The summed E-state index contributed by atoms with van der Waals surface area (Å²) in [6.07, 6.45) is 2.99. The Balaban J connectivity index is 3.03. The van der Waals surface area contributed by atoms with Crippen LogP contribution in [-0.4, -0.2) is 98.9 Å². The first kappa shape index (κ1) is 28.3. The zero-order valence-electron chi connectivity index (χ0n) is 18.3. The van der Waals surface area contributed by atoms with Crippen molar-refractivity contribution in [3.63, 3.8) is 0 Å². The molecule has 0 fully saturated rings. The summed E-state index contributed by atoms with van der Waals surface area (Å²) in [5, 5.41) is 34.3. The average Bonchev–Trinajstić information content (AvgIpc) is 3.30. The summed E-state index contributed by atoms with van der Waals surface area (Å²) in [5.41, 5.74) is 16.5. The number of nitrogens with zero attached hydrogens (tertiary/aromatic N) is 2. The molecule has 0 spiro atoms. The maximum absolute atomic E-state index is 13.0. The molecule has 1 aromatic heterocycles. The topological polar surface area (TPSA) is 284 Å². The molecule has 1 rings (SSSR count). The second-order valence-corrected chi connectivity index (χ2v) is 7.22. The third kappa shape index (κ3) is 9.80. The van der Waals surface area contributed by atoms with E-state index in [1.807, 2.05) is 0 Å². The number of rotatable bonds is 15. The van der Waals surface area contributed by atoms with Crippen molar-refractivity contribution in [3.05, 3.63) is 18.2 Å². The van der Waals surface area contributed by atoms with Crippen LogP contribution in [0, 0.1) is 0 Å². The minimum Gasteiger partial charge on any atom is -0.480 e. The zero-order valence-corrected chi connectivity index (χ0v) is 18.3. The lowest BCUT2D eigenvalue weighted by Crippen LogP contribution is -2.58. The van der Waals surface area contributed by atoms with Crippen LogP contribution in [0.15, 0.2) is 17.5 Å². The fourth-order valence-electron chi connectivity index (χ4n) is 2.69. The predicted molar refractivity (Wildman–Crippen MR) is 118 cm³/mol. The van der Waals surface area contributed by atoms with Crippen LogP contribution < -0.4 is 33.2 Å². The molecule has 190 valence electrons. The Morgan fingerprint density at radius 3 is 2.15 bits per heavy atom. The Bertz CT molecular complexity index is 843. The number of carboxylic acids is 1. The molecular weight excluding hydrogens is 454 g/mol. The number of aliphatic hydroxyl groups is 2. The molecule has 16 nitrogen and oxygen atoms in total. The number of carbonyl (C=O) groups is 4. The highest BCUT2D eigenvalue weighted by molar-refractivity contribution is 5.94. The molecule has 0 aliphatic heterocycles. The number of amides is 3. The fraction of sp³-hybridized carbons (Fsp3) is 0.556. The number of hydrogen-bond donors (Lipinski definition) is 10. The molecule has 4 unspecified atom stereocenters. The van der Waals surface area contributed by atoms with Gasteiger partial charge in [-0.25, -0.2) is 9.78 Å². The highest BCUT2D eigenvalue weighted by Gasteiger charge is 2.30. The van der Waals surface area contributed by atoms with Gasteiger partial charge in [-0.05, 0) is 12.8 Å². The van der Waals surface area contributed by atoms with Crippen LogP contribution >= 0.6 is 0 Å². The van der Waals surface area contributed by atoms with Gasteiger partial charge < -0.3 is 53.5 Å². The molecule has 0 radical (unpaired) electrons. The van der Waals surface area contributed by atoms with Gasteiger partial charge in [0, 0.05) is 24.9 Å². The number of aliphatic hydroxyl groups excluding tert-OH is 2. The molecule has 0 aromatic carbocycles. The van der Waals surface area contributed by atoms with Crippen LogP contribution in [0.1, 0.15) is 18.5 Å². The van der Waals surface area contributed by atoms with Gasteiger partial charge in [-0.3, -0.25) is 19.4 Å². The average molecular weight is 486 g/mol. The van der Waals surface area contributed by atoms with Crippen molar-refractivity contribution in [1.29, 1.82) is 0 Å². The summed E-state index contributed by atoms with van der Waals surface area (Å²) in [7, 11) is 0. The van der Waals surface area contributed by atoms with E-state index in [4.69, 9.17) is 27.4 Å². The summed E-state index contributed by atoms with van der Waals surface area (Å²) in [6, 6.07) is -5.33. The highest BCUT2D eigenvalue weighted by atomic mass is 16.4. The van der Waals surface area contributed by atoms with E-state index in [0.29, 0.717) is 5.69 Å². The third-order valence-electron chi connectivity index (χ3n) is 4.52. The Kier molecular flexibility index (Phi) is 12.0. The van der Waals surface area contributed by atoms with E-state index in [1.165, 1.54) is 12.5 Å². The lowest BCUT2D eigenvalue weighted by Gasteiger charge is -2.24. The Labute approximate surface area is 194 Å². The van der Waals surface area contributed by atoms with Crippen molar-refractivity contribution >= 4 is 29.7 Å². The number of aliphatic carboxylic acids is 1. The molecule has 34 heavy (non-hydrogen) atoms. The number of aliphatic imine (C=N–C) groups is 1. The number of imidazole rings is 1. The number of aromatic amines is 1. The van der Waals surface area contributed by atoms with E-state index < -0.39 is 61.1 Å². The van der Waals surface area contributed by atoms with Crippen LogP contribution in [0.4, 0.5) is 0 Å². The third-order valence-corrected chi connectivity index (χ3v) is 4.52. The predicted octanol–water partition coefficient (Wildman–Crippen LogP) is -5.14. The molecule has 13 N–H and O–H groups in total.